The fourth-order valence-electron chi connectivity index (χ4n) is 3.10. The van der Waals surface area contributed by atoms with Gasteiger partial charge in [-0.3, -0.25) is 0 Å². The van der Waals surface area contributed by atoms with Crippen LogP contribution in [0.2, 0.25) is 0 Å². The average Bonchev–Trinajstić information content (AvgIpc) is 2.76. The SMILES string of the molecule is C=C(C)CCC(C(C)CC)N1Cc2ccccc2C1=C. The minimum absolute atomic E-state index is 0.566. The third-order valence-corrected chi connectivity index (χ3v) is 4.58. The summed E-state index contributed by atoms with van der Waals surface area (Å²) in [6.45, 7) is 16.2. The van der Waals surface area contributed by atoms with Gasteiger partial charge >= 0.3 is 0 Å². The number of nitrogens with zero attached hydrogens (tertiary/aromatic N) is 1. The number of benzene rings is 1. The van der Waals surface area contributed by atoms with E-state index in [1.54, 1.807) is 0 Å². The molecule has 0 N–H and O–H groups in total. The van der Waals surface area contributed by atoms with Crippen LogP contribution in [0.3, 0.4) is 0 Å². The van der Waals surface area contributed by atoms with Gasteiger partial charge in [0, 0.05) is 23.8 Å². The summed E-state index contributed by atoms with van der Waals surface area (Å²) in [5.74, 6) is 0.681. The molecule has 0 saturated heterocycles. The predicted molar refractivity (Wildman–Crippen MR) is 88.3 cm³/mol. The van der Waals surface area contributed by atoms with E-state index in [1.807, 2.05) is 0 Å². The second-order valence-electron chi connectivity index (χ2n) is 6.18. The van der Waals surface area contributed by atoms with Crippen molar-refractivity contribution in [2.24, 2.45) is 5.92 Å². The van der Waals surface area contributed by atoms with Crippen LogP contribution in [0.1, 0.15) is 51.2 Å². The Morgan fingerprint density at radius 2 is 2.05 bits per heavy atom. The van der Waals surface area contributed by atoms with Gasteiger partial charge in [-0.15, -0.1) is 6.58 Å². The third-order valence-electron chi connectivity index (χ3n) is 4.58. The van der Waals surface area contributed by atoms with Crippen LogP contribution in [0.5, 0.6) is 0 Å². The molecule has 0 fully saturated rings. The highest BCUT2D eigenvalue weighted by Gasteiger charge is 2.30. The van der Waals surface area contributed by atoms with E-state index in [0.717, 1.165) is 13.0 Å². The van der Waals surface area contributed by atoms with E-state index in [0.29, 0.717) is 12.0 Å². The van der Waals surface area contributed by atoms with Crippen molar-refractivity contribution in [3.8, 4) is 0 Å². The molecule has 108 valence electrons. The highest BCUT2D eigenvalue weighted by Crippen LogP contribution is 2.36. The zero-order valence-electron chi connectivity index (χ0n) is 13.2. The Kier molecular flexibility index (Phi) is 4.69. The summed E-state index contributed by atoms with van der Waals surface area (Å²) in [5.41, 5.74) is 5.23. The van der Waals surface area contributed by atoms with Crippen molar-refractivity contribution in [2.75, 3.05) is 0 Å². The Morgan fingerprint density at radius 3 is 2.65 bits per heavy atom. The maximum Gasteiger partial charge on any atom is 0.0439 e. The Bertz CT molecular complexity index is 500. The molecule has 2 rings (SSSR count). The van der Waals surface area contributed by atoms with Gasteiger partial charge in [-0.2, -0.15) is 0 Å². The van der Waals surface area contributed by atoms with Crippen molar-refractivity contribution in [3.63, 3.8) is 0 Å². The smallest absolute Gasteiger partial charge is 0.0439 e. The van der Waals surface area contributed by atoms with Gasteiger partial charge in [0.05, 0.1) is 0 Å². The molecule has 0 amide bonds. The number of hydrogen-bond donors (Lipinski definition) is 0. The van der Waals surface area contributed by atoms with E-state index in [1.165, 1.54) is 35.2 Å². The lowest BCUT2D eigenvalue weighted by molar-refractivity contribution is 0.209. The predicted octanol–water partition coefficient (Wildman–Crippen LogP) is 5.24. The molecule has 0 bridgehead atoms. The molecule has 0 aliphatic carbocycles. The molecule has 1 aromatic carbocycles. The molecule has 1 aromatic rings. The van der Waals surface area contributed by atoms with E-state index in [-0.39, 0.29) is 0 Å². The Labute approximate surface area is 124 Å². The first-order valence-corrected chi connectivity index (χ1v) is 7.72. The second kappa shape index (κ2) is 6.30. The summed E-state index contributed by atoms with van der Waals surface area (Å²) >= 11 is 0. The summed E-state index contributed by atoms with van der Waals surface area (Å²) < 4.78 is 0. The summed E-state index contributed by atoms with van der Waals surface area (Å²) in [4.78, 5) is 2.52. The van der Waals surface area contributed by atoms with E-state index in [9.17, 15) is 0 Å². The maximum absolute atomic E-state index is 4.35. The fourth-order valence-corrected chi connectivity index (χ4v) is 3.10. The zero-order valence-corrected chi connectivity index (χ0v) is 13.2. The molecule has 1 heteroatoms. The quantitative estimate of drug-likeness (QED) is 0.638. The minimum atomic E-state index is 0.566. The molecule has 0 aromatic heterocycles. The van der Waals surface area contributed by atoms with Gasteiger partial charge in [0.2, 0.25) is 0 Å². The molecule has 1 aliphatic heterocycles. The first-order valence-electron chi connectivity index (χ1n) is 7.72. The van der Waals surface area contributed by atoms with Crippen LogP contribution in [0.25, 0.3) is 5.70 Å². The molecule has 2 unspecified atom stereocenters. The van der Waals surface area contributed by atoms with Crippen molar-refractivity contribution in [1.82, 2.24) is 4.90 Å². The molecule has 1 nitrogen and oxygen atoms in total. The summed E-state index contributed by atoms with van der Waals surface area (Å²) in [7, 11) is 0. The lowest BCUT2D eigenvalue weighted by atomic mass is 9.92. The minimum Gasteiger partial charge on any atom is -0.364 e. The fraction of sp³-hybridized carbons (Fsp3) is 0.474. The third kappa shape index (κ3) is 2.98. The highest BCUT2D eigenvalue weighted by atomic mass is 15.2. The van der Waals surface area contributed by atoms with Crippen molar-refractivity contribution in [2.45, 2.75) is 52.6 Å². The number of fused-ring (bicyclic) bond motifs is 1. The number of allylic oxidation sites excluding steroid dienone is 1. The van der Waals surface area contributed by atoms with Gasteiger partial charge in [0.25, 0.3) is 0 Å². The first-order chi connectivity index (χ1) is 9.54. The molecule has 2 atom stereocenters. The van der Waals surface area contributed by atoms with Gasteiger partial charge in [0.15, 0.2) is 0 Å². The first kappa shape index (κ1) is 14.9. The van der Waals surface area contributed by atoms with Crippen molar-refractivity contribution < 1.29 is 0 Å². The van der Waals surface area contributed by atoms with Crippen molar-refractivity contribution >= 4 is 5.70 Å². The molecule has 20 heavy (non-hydrogen) atoms. The average molecular weight is 269 g/mol. The highest BCUT2D eigenvalue weighted by molar-refractivity contribution is 5.69. The Morgan fingerprint density at radius 1 is 1.35 bits per heavy atom. The van der Waals surface area contributed by atoms with E-state index < -0.39 is 0 Å². The summed E-state index contributed by atoms with van der Waals surface area (Å²) in [5, 5.41) is 0. The van der Waals surface area contributed by atoms with Crippen molar-refractivity contribution in [1.29, 1.82) is 0 Å². The molecule has 1 heterocycles. The van der Waals surface area contributed by atoms with E-state index in [4.69, 9.17) is 0 Å². The number of hydrogen-bond acceptors (Lipinski definition) is 1. The molecular formula is C19H27N. The standard InChI is InChI=1S/C19H27N/c1-6-15(4)19(12-11-14(2)3)20-13-17-9-7-8-10-18(17)16(20)5/h7-10,15,19H,2,5-6,11-13H2,1,3-4H3. The van der Waals surface area contributed by atoms with Crippen LogP contribution in [0.4, 0.5) is 0 Å². The van der Waals surface area contributed by atoms with Crippen molar-refractivity contribution in [3.05, 3.63) is 54.1 Å². The van der Waals surface area contributed by atoms with Crippen LogP contribution in [0, 0.1) is 5.92 Å². The van der Waals surface area contributed by atoms with Gasteiger partial charge < -0.3 is 4.90 Å². The van der Waals surface area contributed by atoms with E-state index in [2.05, 4.69) is 63.1 Å². The second-order valence-corrected chi connectivity index (χ2v) is 6.18. The van der Waals surface area contributed by atoms with Crippen LogP contribution in [-0.2, 0) is 6.54 Å². The van der Waals surface area contributed by atoms with Gasteiger partial charge in [-0.1, -0.05) is 56.7 Å². The summed E-state index contributed by atoms with van der Waals surface area (Å²) in [6, 6.07) is 9.23. The molecule has 0 saturated carbocycles. The molecule has 1 aliphatic rings. The zero-order chi connectivity index (χ0) is 14.7. The molecule has 0 spiro atoms. The van der Waals surface area contributed by atoms with Crippen LogP contribution < -0.4 is 0 Å². The Hall–Kier alpha value is -1.50. The summed E-state index contributed by atoms with van der Waals surface area (Å²) in [6.07, 6.45) is 3.49. The maximum atomic E-state index is 4.35. The van der Waals surface area contributed by atoms with E-state index >= 15 is 0 Å². The van der Waals surface area contributed by atoms with Crippen LogP contribution in [0.15, 0.2) is 43.0 Å². The van der Waals surface area contributed by atoms with Crippen LogP contribution >= 0.6 is 0 Å². The largest absolute Gasteiger partial charge is 0.364 e. The molecular weight excluding hydrogens is 242 g/mol. The molecule has 0 radical (unpaired) electrons. The lowest BCUT2D eigenvalue weighted by Crippen LogP contribution is -2.35. The topological polar surface area (TPSA) is 3.24 Å². The monoisotopic (exact) mass is 269 g/mol. The lowest BCUT2D eigenvalue weighted by Gasteiger charge is -2.35. The normalized spacial score (nSPS) is 16.9. The Balaban J connectivity index is 2.19. The van der Waals surface area contributed by atoms with Gasteiger partial charge in [-0.25, -0.2) is 0 Å². The van der Waals surface area contributed by atoms with Gasteiger partial charge in [-0.05, 0) is 31.2 Å². The van der Waals surface area contributed by atoms with Crippen LogP contribution in [-0.4, -0.2) is 10.9 Å². The number of rotatable bonds is 6. The van der Waals surface area contributed by atoms with Gasteiger partial charge in [0.1, 0.15) is 0 Å².